The lowest BCUT2D eigenvalue weighted by Gasteiger charge is -2.03. The minimum absolute atomic E-state index is 0.134. The van der Waals surface area contributed by atoms with Crippen LogP contribution in [-0.2, 0) is 6.42 Å². The number of carbonyl (C=O) groups is 1. The van der Waals surface area contributed by atoms with Gasteiger partial charge in [-0.2, -0.15) is 0 Å². The number of pyridine rings is 1. The summed E-state index contributed by atoms with van der Waals surface area (Å²) in [6, 6.07) is 5.60. The van der Waals surface area contributed by atoms with Gasteiger partial charge in [0.2, 0.25) is 0 Å². The van der Waals surface area contributed by atoms with Crippen molar-refractivity contribution >= 4 is 5.97 Å². The predicted octanol–water partition coefficient (Wildman–Crippen LogP) is 1.47. The lowest BCUT2D eigenvalue weighted by molar-refractivity contribution is 0.0695. The first-order valence-corrected chi connectivity index (χ1v) is 5.12. The molecule has 0 atom stereocenters. The van der Waals surface area contributed by atoms with E-state index in [0.29, 0.717) is 17.9 Å². The van der Waals surface area contributed by atoms with Crippen molar-refractivity contribution in [2.45, 2.75) is 13.3 Å². The van der Waals surface area contributed by atoms with Crippen molar-refractivity contribution in [3.63, 3.8) is 0 Å². The largest absolute Gasteiger partial charge is 0.478 e. The molecule has 2 heterocycles. The number of carboxylic acid groups (broad SMARTS) is 1. The number of hydrogen-bond acceptors (Lipinski definition) is 4. The van der Waals surface area contributed by atoms with Gasteiger partial charge in [-0.25, -0.2) is 14.8 Å². The van der Waals surface area contributed by atoms with Crippen LogP contribution < -0.4 is 0 Å². The van der Waals surface area contributed by atoms with Crippen LogP contribution in [0.25, 0.3) is 0 Å². The molecule has 0 fully saturated rings. The molecule has 5 nitrogen and oxygen atoms in total. The molecule has 0 unspecified atom stereocenters. The third-order valence-corrected chi connectivity index (χ3v) is 2.33. The van der Waals surface area contributed by atoms with Crippen molar-refractivity contribution < 1.29 is 9.90 Å². The van der Waals surface area contributed by atoms with Gasteiger partial charge < -0.3 is 5.11 Å². The zero-order chi connectivity index (χ0) is 12.3. The zero-order valence-electron chi connectivity index (χ0n) is 9.29. The van der Waals surface area contributed by atoms with Gasteiger partial charge in [0.15, 0.2) is 0 Å². The standard InChI is InChI=1S/C12H11N3O2/c1-8-10(12(16)17)7-14-11(15-8)6-9-4-2-3-5-13-9/h2-5,7H,6H2,1H3,(H,16,17). The van der Waals surface area contributed by atoms with E-state index in [1.165, 1.54) is 6.20 Å². The Labute approximate surface area is 98.2 Å². The summed E-state index contributed by atoms with van der Waals surface area (Å²) in [4.78, 5) is 23.1. The van der Waals surface area contributed by atoms with E-state index in [-0.39, 0.29) is 5.56 Å². The number of aryl methyl sites for hydroxylation is 1. The summed E-state index contributed by atoms with van der Waals surface area (Å²) in [6.07, 6.45) is 3.54. The zero-order valence-corrected chi connectivity index (χ0v) is 9.29. The van der Waals surface area contributed by atoms with E-state index in [2.05, 4.69) is 15.0 Å². The van der Waals surface area contributed by atoms with Crippen molar-refractivity contribution in [2.24, 2.45) is 0 Å². The van der Waals surface area contributed by atoms with Gasteiger partial charge in [0.1, 0.15) is 5.82 Å². The third-order valence-electron chi connectivity index (χ3n) is 2.33. The van der Waals surface area contributed by atoms with Gasteiger partial charge in [0.25, 0.3) is 0 Å². The van der Waals surface area contributed by atoms with Gasteiger partial charge in [-0.1, -0.05) is 6.07 Å². The fraction of sp³-hybridized carbons (Fsp3) is 0.167. The summed E-state index contributed by atoms with van der Waals surface area (Å²) >= 11 is 0. The maximum absolute atomic E-state index is 10.8. The lowest BCUT2D eigenvalue weighted by Crippen LogP contribution is -2.07. The molecule has 0 aliphatic carbocycles. The Hall–Kier alpha value is -2.30. The summed E-state index contributed by atoms with van der Waals surface area (Å²) in [5.41, 5.74) is 1.46. The average Bonchev–Trinajstić information content (AvgIpc) is 2.30. The number of hydrogen-bond donors (Lipinski definition) is 1. The summed E-state index contributed by atoms with van der Waals surface area (Å²) in [5, 5.41) is 8.85. The molecule has 0 aliphatic rings. The minimum Gasteiger partial charge on any atom is -0.478 e. The normalized spacial score (nSPS) is 10.2. The van der Waals surface area contributed by atoms with Crippen LogP contribution in [0.5, 0.6) is 0 Å². The van der Waals surface area contributed by atoms with E-state index in [4.69, 9.17) is 5.11 Å². The Morgan fingerprint density at radius 1 is 1.35 bits per heavy atom. The third kappa shape index (κ3) is 2.63. The van der Waals surface area contributed by atoms with Crippen LogP contribution in [-0.4, -0.2) is 26.0 Å². The maximum atomic E-state index is 10.8. The second kappa shape index (κ2) is 4.69. The fourth-order valence-electron chi connectivity index (χ4n) is 1.47. The monoisotopic (exact) mass is 229 g/mol. The highest BCUT2D eigenvalue weighted by molar-refractivity contribution is 5.88. The molecule has 0 spiro atoms. The molecule has 2 aromatic rings. The fourth-order valence-corrected chi connectivity index (χ4v) is 1.47. The molecule has 17 heavy (non-hydrogen) atoms. The van der Waals surface area contributed by atoms with Gasteiger partial charge in [-0.3, -0.25) is 4.98 Å². The minimum atomic E-state index is -1.01. The van der Waals surface area contributed by atoms with E-state index >= 15 is 0 Å². The maximum Gasteiger partial charge on any atom is 0.339 e. The highest BCUT2D eigenvalue weighted by Crippen LogP contribution is 2.07. The molecule has 0 amide bonds. The topological polar surface area (TPSA) is 76.0 Å². The van der Waals surface area contributed by atoms with Crippen molar-refractivity contribution in [1.29, 1.82) is 0 Å². The van der Waals surface area contributed by atoms with Gasteiger partial charge in [0.05, 0.1) is 17.7 Å². The van der Waals surface area contributed by atoms with E-state index in [9.17, 15) is 4.79 Å². The van der Waals surface area contributed by atoms with Crippen molar-refractivity contribution in [3.05, 3.63) is 53.4 Å². The Kier molecular flexibility index (Phi) is 3.09. The molecule has 0 bridgehead atoms. The summed E-state index contributed by atoms with van der Waals surface area (Å²) in [5.74, 6) is -0.432. The van der Waals surface area contributed by atoms with Crippen LogP contribution in [0.2, 0.25) is 0 Å². The molecular weight excluding hydrogens is 218 g/mol. The Balaban J connectivity index is 2.24. The molecule has 0 saturated carbocycles. The average molecular weight is 229 g/mol. The van der Waals surface area contributed by atoms with E-state index in [0.717, 1.165) is 5.69 Å². The number of aromatic nitrogens is 3. The molecule has 86 valence electrons. The van der Waals surface area contributed by atoms with E-state index in [1.807, 2.05) is 18.2 Å². The molecule has 5 heteroatoms. The number of nitrogens with zero attached hydrogens (tertiary/aromatic N) is 3. The molecule has 2 rings (SSSR count). The summed E-state index contributed by atoms with van der Waals surface area (Å²) < 4.78 is 0. The highest BCUT2D eigenvalue weighted by Gasteiger charge is 2.10. The number of aromatic carboxylic acids is 1. The molecule has 0 saturated heterocycles. The quantitative estimate of drug-likeness (QED) is 0.862. The summed E-state index contributed by atoms with van der Waals surface area (Å²) in [6.45, 7) is 1.66. The van der Waals surface area contributed by atoms with Crippen LogP contribution >= 0.6 is 0 Å². The Bertz CT molecular complexity index is 541. The first-order valence-electron chi connectivity index (χ1n) is 5.12. The predicted molar refractivity (Wildman–Crippen MR) is 60.8 cm³/mol. The van der Waals surface area contributed by atoms with Crippen molar-refractivity contribution in [3.8, 4) is 0 Å². The molecule has 0 aliphatic heterocycles. The molecule has 1 N–H and O–H groups in total. The second-order valence-corrected chi connectivity index (χ2v) is 3.59. The number of carboxylic acids is 1. The van der Waals surface area contributed by atoms with Crippen molar-refractivity contribution in [2.75, 3.05) is 0 Å². The Morgan fingerprint density at radius 3 is 2.76 bits per heavy atom. The van der Waals surface area contributed by atoms with Gasteiger partial charge in [0, 0.05) is 18.1 Å². The van der Waals surface area contributed by atoms with Gasteiger partial charge in [-0.15, -0.1) is 0 Å². The second-order valence-electron chi connectivity index (χ2n) is 3.59. The van der Waals surface area contributed by atoms with Gasteiger partial charge >= 0.3 is 5.97 Å². The lowest BCUT2D eigenvalue weighted by atomic mass is 10.2. The van der Waals surface area contributed by atoms with E-state index < -0.39 is 5.97 Å². The van der Waals surface area contributed by atoms with E-state index in [1.54, 1.807) is 13.1 Å². The first kappa shape index (κ1) is 11.2. The number of rotatable bonds is 3. The highest BCUT2D eigenvalue weighted by atomic mass is 16.4. The molecule has 0 aromatic carbocycles. The van der Waals surface area contributed by atoms with Crippen LogP contribution in [0.3, 0.4) is 0 Å². The van der Waals surface area contributed by atoms with Crippen molar-refractivity contribution in [1.82, 2.24) is 15.0 Å². The SMILES string of the molecule is Cc1nc(Cc2ccccn2)ncc1C(=O)O. The van der Waals surface area contributed by atoms with Crippen LogP contribution in [0.1, 0.15) is 27.6 Å². The molecule has 0 radical (unpaired) electrons. The molecule has 2 aromatic heterocycles. The molecular formula is C12H11N3O2. The first-order chi connectivity index (χ1) is 8.16. The summed E-state index contributed by atoms with van der Waals surface area (Å²) in [7, 11) is 0. The van der Waals surface area contributed by atoms with Crippen LogP contribution in [0.15, 0.2) is 30.6 Å². The van der Waals surface area contributed by atoms with Crippen LogP contribution in [0, 0.1) is 6.92 Å². The van der Waals surface area contributed by atoms with Crippen LogP contribution in [0.4, 0.5) is 0 Å². The Morgan fingerprint density at radius 2 is 2.18 bits per heavy atom. The van der Waals surface area contributed by atoms with Gasteiger partial charge in [-0.05, 0) is 19.1 Å². The smallest absolute Gasteiger partial charge is 0.339 e.